The summed E-state index contributed by atoms with van der Waals surface area (Å²) in [6.07, 6.45) is 0. The lowest BCUT2D eigenvalue weighted by Gasteiger charge is -2.08. The normalized spacial score (nSPS) is 12.6. The summed E-state index contributed by atoms with van der Waals surface area (Å²) < 4.78 is 25.9. The molecule has 6 heteroatoms. The second-order valence-electron chi connectivity index (χ2n) is 2.61. The first kappa shape index (κ1) is 10.9. The number of hydrogen-bond acceptors (Lipinski definition) is 2. The van der Waals surface area contributed by atoms with Gasteiger partial charge in [0.25, 0.3) is 0 Å². The van der Waals surface area contributed by atoms with E-state index in [4.69, 9.17) is 22.4 Å². The molecule has 0 amide bonds. The van der Waals surface area contributed by atoms with E-state index in [-0.39, 0.29) is 0 Å². The molecule has 0 heterocycles. The summed E-state index contributed by atoms with van der Waals surface area (Å²) in [6.45, 7) is 0. The van der Waals surface area contributed by atoms with Crippen LogP contribution in [0, 0.1) is 11.6 Å². The largest absolute Gasteiger partial charge is 0.480 e. The number of nitrogens with two attached hydrogens (primary N) is 1. The zero-order valence-electron chi connectivity index (χ0n) is 6.80. The maximum atomic E-state index is 13.2. The zero-order valence-corrected chi connectivity index (χ0v) is 7.55. The summed E-state index contributed by atoms with van der Waals surface area (Å²) in [5.74, 6) is -3.29. The molecule has 0 fully saturated rings. The molecular formula is C8H6ClF2NO2. The average Bonchev–Trinajstić information content (AvgIpc) is 2.09. The van der Waals surface area contributed by atoms with Crippen LogP contribution in [0.25, 0.3) is 0 Å². The molecule has 3 nitrogen and oxygen atoms in total. The molecule has 3 N–H and O–H groups in total. The smallest absolute Gasteiger partial charge is 0.325 e. The van der Waals surface area contributed by atoms with Gasteiger partial charge < -0.3 is 10.8 Å². The SMILES string of the molecule is NC(C(=O)O)c1cc(F)cc(Cl)c1F. The van der Waals surface area contributed by atoms with E-state index >= 15 is 0 Å². The summed E-state index contributed by atoms with van der Waals surface area (Å²) >= 11 is 5.30. The molecule has 0 saturated heterocycles. The van der Waals surface area contributed by atoms with Crippen molar-refractivity contribution in [1.29, 1.82) is 0 Å². The summed E-state index contributed by atoms with van der Waals surface area (Å²) in [5, 5.41) is 8.00. The zero-order chi connectivity index (χ0) is 10.9. The fraction of sp³-hybridized carbons (Fsp3) is 0.125. The number of aliphatic carboxylic acids is 1. The van der Waals surface area contributed by atoms with Crippen molar-refractivity contribution >= 4 is 17.6 Å². The van der Waals surface area contributed by atoms with Gasteiger partial charge in [-0.25, -0.2) is 8.78 Å². The molecule has 0 bridgehead atoms. The maximum Gasteiger partial charge on any atom is 0.325 e. The number of benzene rings is 1. The predicted molar refractivity (Wildman–Crippen MR) is 45.9 cm³/mol. The Morgan fingerprint density at radius 3 is 2.57 bits per heavy atom. The Bertz CT molecular complexity index is 384. The lowest BCUT2D eigenvalue weighted by molar-refractivity contribution is -0.138. The Hall–Kier alpha value is -1.20. The lowest BCUT2D eigenvalue weighted by atomic mass is 10.1. The summed E-state index contributed by atoms with van der Waals surface area (Å²) in [5.41, 5.74) is 4.64. The molecule has 0 radical (unpaired) electrons. The highest BCUT2D eigenvalue weighted by Crippen LogP contribution is 2.24. The minimum atomic E-state index is -1.62. The van der Waals surface area contributed by atoms with Crippen molar-refractivity contribution in [2.45, 2.75) is 6.04 Å². The van der Waals surface area contributed by atoms with Crippen molar-refractivity contribution in [3.8, 4) is 0 Å². The third-order valence-corrected chi connectivity index (χ3v) is 1.90. The minimum Gasteiger partial charge on any atom is -0.480 e. The van der Waals surface area contributed by atoms with Gasteiger partial charge >= 0.3 is 5.97 Å². The molecule has 1 rings (SSSR count). The standard InChI is InChI=1S/C8H6ClF2NO2/c9-5-2-3(10)1-4(6(5)11)7(12)8(13)14/h1-2,7H,12H2,(H,13,14). The van der Waals surface area contributed by atoms with Crippen molar-refractivity contribution in [2.75, 3.05) is 0 Å². The maximum absolute atomic E-state index is 13.2. The van der Waals surface area contributed by atoms with Gasteiger partial charge in [0, 0.05) is 5.56 Å². The van der Waals surface area contributed by atoms with Crippen LogP contribution in [-0.4, -0.2) is 11.1 Å². The molecule has 0 aliphatic rings. The first-order valence-electron chi connectivity index (χ1n) is 3.56. The molecule has 0 aromatic heterocycles. The van der Waals surface area contributed by atoms with Crippen LogP contribution in [0.15, 0.2) is 12.1 Å². The number of rotatable bonds is 2. The monoisotopic (exact) mass is 221 g/mol. The second-order valence-corrected chi connectivity index (χ2v) is 3.01. The van der Waals surface area contributed by atoms with E-state index in [0.717, 1.165) is 6.07 Å². The van der Waals surface area contributed by atoms with E-state index in [9.17, 15) is 13.6 Å². The van der Waals surface area contributed by atoms with E-state index in [1.807, 2.05) is 0 Å². The fourth-order valence-corrected chi connectivity index (χ4v) is 1.15. The van der Waals surface area contributed by atoms with Gasteiger partial charge in [0.15, 0.2) is 0 Å². The van der Waals surface area contributed by atoms with Crippen LogP contribution in [0.5, 0.6) is 0 Å². The highest BCUT2D eigenvalue weighted by molar-refractivity contribution is 6.30. The van der Waals surface area contributed by atoms with Gasteiger partial charge in [-0.1, -0.05) is 11.6 Å². The predicted octanol–water partition coefficient (Wildman–Crippen LogP) is 1.70. The molecule has 76 valence electrons. The van der Waals surface area contributed by atoms with Crippen LogP contribution in [0.1, 0.15) is 11.6 Å². The highest BCUT2D eigenvalue weighted by Gasteiger charge is 2.21. The Labute approximate surface area is 83.1 Å². The number of carboxylic acid groups (broad SMARTS) is 1. The molecule has 0 spiro atoms. The fourth-order valence-electron chi connectivity index (χ4n) is 0.935. The molecule has 0 aliphatic carbocycles. The van der Waals surface area contributed by atoms with E-state index in [1.54, 1.807) is 0 Å². The van der Waals surface area contributed by atoms with E-state index in [2.05, 4.69) is 0 Å². The summed E-state index contributed by atoms with van der Waals surface area (Å²) in [7, 11) is 0. The highest BCUT2D eigenvalue weighted by atomic mass is 35.5. The van der Waals surface area contributed by atoms with Crippen molar-refractivity contribution in [2.24, 2.45) is 5.73 Å². The average molecular weight is 222 g/mol. The molecule has 0 saturated carbocycles. The van der Waals surface area contributed by atoms with Gasteiger partial charge in [0.05, 0.1) is 5.02 Å². The van der Waals surface area contributed by atoms with Crippen molar-refractivity contribution in [1.82, 2.24) is 0 Å². The second kappa shape index (κ2) is 3.89. The van der Waals surface area contributed by atoms with Gasteiger partial charge in [-0.3, -0.25) is 4.79 Å². The number of halogens is 3. The van der Waals surface area contributed by atoms with Crippen molar-refractivity contribution in [3.05, 3.63) is 34.4 Å². The van der Waals surface area contributed by atoms with Gasteiger partial charge in [-0.05, 0) is 12.1 Å². The number of hydrogen-bond donors (Lipinski definition) is 2. The van der Waals surface area contributed by atoms with E-state index < -0.39 is 34.2 Å². The first-order valence-corrected chi connectivity index (χ1v) is 3.94. The van der Waals surface area contributed by atoms with E-state index in [1.165, 1.54) is 0 Å². The van der Waals surface area contributed by atoms with E-state index in [0.29, 0.717) is 6.07 Å². The Morgan fingerprint density at radius 1 is 1.50 bits per heavy atom. The molecule has 1 aromatic rings. The number of carboxylic acids is 1. The Kier molecular flexibility index (Phi) is 3.03. The third-order valence-electron chi connectivity index (χ3n) is 1.62. The molecule has 14 heavy (non-hydrogen) atoms. The van der Waals surface area contributed by atoms with Crippen LogP contribution >= 0.6 is 11.6 Å². The molecule has 1 aromatic carbocycles. The first-order chi connectivity index (χ1) is 6.43. The summed E-state index contributed by atoms with van der Waals surface area (Å²) in [4.78, 5) is 10.4. The molecule has 1 unspecified atom stereocenters. The van der Waals surface area contributed by atoms with Crippen molar-refractivity contribution in [3.63, 3.8) is 0 Å². The Morgan fingerprint density at radius 2 is 2.07 bits per heavy atom. The van der Waals surface area contributed by atoms with Gasteiger partial charge in [0.2, 0.25) is 0 Å². The van der Waals surface area contributed by atoms with Gasteiger partial charge in [0.1, 0.15) is 17.7 Å². The number of carbonyl (C=O) groups is 1. The van der Waals surface area contributed by atoms with Crippen LogP contribution in [0.2, 0.25) is 5.02 Å². The van der Waals surface area contributed by atoms with Crippen molar-refractivity contribution < 1.29 is 18.7 Å². The third kappa shape index (κ3) is 2.00. The topological polar surface area (TPSA) is 63.3 Å². The summed E-state index contributed by atoms with van der Waals surface area (Å²) in [6, 6.07) is -0.169. The molecule has 0 aliphatic heterocycles. The van der Waals surface area contributed by atoms with Gasteiger partial charge in [-0.15, -0.1) is 0 Å². The van der Waals surface area contributed by atoms with Crippen LogP contribution in [0.3, 0.4) is 0 Å². The Balaban J connectivity index is 3.26. The van der Waals surface area contributed by atoms with Crippen LogP contribution in [-0.2, 0) is 4.79 Å². The molecular weight excluding hydrogens is 216 g/mol. The van der Waals surface area contributed by atoms with Gasteiger partial charge in [-0.2, -0.15) is 0 Å². The lowest BCUT2D eigenvalue weighted by Crippen LogP contribution is -2.22. The van der Waals surface area contributed by atoms with Crippen LogP contribution < -0.4 is 5.73 Å². The van der Waals surface area contributed by atoms with Crippen LogP contribution in [0.4, 0.5) is 8.78 Å². The minimum absolute atomic E-state index is 0.470. The molecule has 1 atom stereocenters. The quantitative estimate of drug-likeness (QED) is 0.748.